The van der Waals surface area contributed by atoms with Gasteiger partial charge in [0, 0.05) is 5.56 Å². The maximum atomic E-state index is 13.8. The van der Waals surface area contributed by atoms with Crippen LogP contribution in [0, 0.1) is 12.7 Å². The largest absolute Gasteiger partial charge is 0.494 e. The lowest BCUT2D eigenvalue weighted by Crippen LogP contribution is -2.21. The summed E-state index contributed by atoms with van der Waals surface area (Å²) in [6, 6.07) is 20.9. The molecule has 0 aliphatic rings. The van der Waals surface area contributed by atoms with Crippen LogP contribution in [0.3, 0.4) is 0 Å². The fourth-order valence-electron chi connectivity index (χ4n) is 4.77. The number of rotatable bonds is 9. The quantitative estimate of drug-likeness (QED) is 0.148. The standard InChI is InChI=1S/C34H30BrClFN3O3/c1-5-42-31-13-21(4)27(17-26(31)20(2)3)33-39-30-12-7-6-11-25(30)34(41)40(33)38-18-23-15-28(35)32(29(36)16-23)43-19-22-9-8-10-24(37)14-22/h6-18,20H,5,19H2,1-4H3. The first-order valence-corrected chi connectivity index (χ1v) is 15.0. The Morgan fingerprint density at radius 1 is 1.07 bits per heavy atom. The minimum atomic E-state index is -0.337. The molecule has 0 bridgehead atoms. The Morgan fingerprint density at radius 3 is 2.58 bits per heavy atom. The highest BCUT2D eigenvalue weighted by atomic mass is 79.9. The lowest BCUT2D eigenvalue weighted by Gasteiger charge is -2.18. The van der Waals surface area contributed by atoms with Crippen molar-refractivity contribution in [3.8, 4) is 22.9 Å². The molecule has 4 aromatic carbocycles. The van der Waals surface area contributed by atoms with Crippen molar-refractivity contribution >= 4 is 44.6 Å². The van der Waals surface area contributed by atoms with E-state index in [1.807, 2.05) is 38.1 Å². The average Bonchev–Trinajstić information content (AvgIpc) is 2.96. The molecule has 5 rings (SSSR count). The van der Waals surface area contributed by atoms with Gasteiger partial charge in [-0.05, 0) is 106 Å². The minimum Gasteiger partial charge on any atom is -0.494 e. The molecule has 0 saturated heterocycles. The summed E-state index contributed by atoms with van der Waals surface area (Å²) in [6.45, 7) is 8.82. The highest BCUT2D eigenvalue weighted by Crippen LogP contribution is 2.36. The van der Waals surface area contributed by atoms with Gasteiger partial charge in [-0.1, -0.05) is 49.7 Å². The third-order valence-electron chi connectivity index (χ3n) is 6.89. The van der Waals surface area contributed by atoms with Crippen molar-refractivity contribution in [2.45, 2.75) is 40.2 Å². The molecule has 0 saturated carbocycles. The van der Waals surface area contributed by atoms with E-state index in [9.17, 15) is 9.18 Å². The maximum Gasteiger partial charge on any atom is 0.282 e. The molecule has 1 heterocycles. The van der Waals surface area contributed by atoms with E-state index in [2.05, 4.69) is 34.9 Å². The van der Waals surface area contributed by atoms with Crippen LogP contribution in [0.15, 0.2) is 87.2 Å². The molecule has 0 spiro atoms. The van der Waals surface area contributed by atoms with Gasteiger partial charge in [-0.2, -0.15) is 9.78 Å². The van der Waals surface area contributed by atoms with Crippen molar-refractivity contribution in [2.24, 2.45) is 5.10 Å². The molecule has 0 N–H and O–H groups in total. The van der Waals surface area contributed by atoms with Crippen molar-refractivity contribution in [2.75, 3.05) is 6.61 Å². The van der Waals surface area contributed by atoms with Crippen LogP contribution < -0.4 is 15.0 Å². The van der Waals surface area contributed by atoms with E-state index in [0.29, 0.717) is 49.7 Å². The molecule has 0 radical (unpaired) electrons. The maximum absolute atomic E-state index is 13.8. The van der Waals surface area contributed by atoms with Crippen LogP contribution in [0.1, 0.15) is 48.9 Å². The minimum absolute atomic E-state index is 0.144. The van der Waals surface area contributed by atoms with Gasteiger partial charge >= 0.3 is 0 Å². The molecule has 9 heteroatoms. The molecule has 0 unspecified atom stereocenters. The second kappa shape index (κ2) is 13.1. The van der Waals surface area contributed by atoms with Gasteiger partial charge in [0.25, 0.3) is 5.56 Å². The molecule has 0 aliphatic carbocycles. The van der Waals surface area contributed by atoms with Crippen molar-refractivity contribution in [1.29, 1.82) is 0 Å². The molecule has 1 aromatic heterocycles. The van der Waals surface area contributed by atoms with Crippen LogP contribution in [-0.2, 0) is 6.61 Å². The fraction of sp³-hybridized carbons (Fsp3) is 0.206. The number of halogens is 3. The third-order valence-corrected chi connectivity index (χ3v) is 7.76. The predicted octanol–water partition coefficient (Wildman–Crippen LogP) is 8.91. The van der Waals surface area contributed by atoms with Gasteiger partial charge in [0.2, 0.25) is 0 Å². The number of benzene rings is 4. The molecule has 0 atom stereocenters. The number of ether oxygens (including phenoxy) is 2. The molecule has 6 nitrogen and oxygen atoms in total. The van der Waals surface area contributed by atoms with E-state index in [1.165, 1.54) is 16.8 Å². The third kappa shape index (κ3) is 6.65. The SMILES string of the molecule is CCOc1cc(C)c(-c2nc3ccccc3c(=O)n2N=Cc2cc(Cl)c(OCc3cccc(F)c3)c(Br)c2)cc1C(C)C. The zero-order chi connectivity index (χ0) is 30.7. The van der Waals surface area contributed by atoms with Gasteiger partial charge in [-0.25, -0.2) is 9.37 Å². The monoisotopic (exact) mass is 661 g/mol. The number of hydrogen-bond acceptors (Lipinski definition) is 5. The molecule has 5 aromatic rings. The molecule has 0 aliphatic heterocycles. The summed E-state index contributed by atoms with van der Waals surface area (Å²) >= 11 is 10.1. The zero-order valence-corrected chi connectivity index (χ0v) is 26.5. The number of para-hydroxylation sites is 1. The van der Waals surface area contributed by atoms with Crippen molar-refractivity contribution in [3.63, 3.8) is 0 Å². The van der Waals surface area contributed by atoms with Crippen LogP contribution in [0.4, 0.5) is 4.39 Å². The Morgan fingerprint density at radius 2 is 1.86 bits per heavy atom. The number of aromatic nitrogens is 2. The molecule has 0 fully saturated rings. The highest BCUT2D eigenvalue weighted by Gasteiger charge is 2.19. The second-order valence-electron chi connectivity index (χ2n) is 10.3. The fourth-order valence-corrected chi connectivity index (χ4v) is 5.76. The van der Waals surface area contributed by atoms with Crippen LogP contribution in [0.5, 0.6) is 11.5 Å². The van der Waals surface area contributed by atoms with Crippen LogP contribution >= 0.6 is 27.5 Å². The van der Waals surface area contributed by atoms with Gasteiger partial charge in [-0.3, -0.25) is 4.79 Å². The summed E-state index contributed by atoms with van der Waals surface area (Å²) in [5.74, 6) is 1.50. The normalized spacial score (nSPS) is 11.5. The van der Waals surface area contributed by atoms with E-state index in [1.54, 1.807) is 42.6 Å². The molecule has 43 heavy (non-hydrogen) atoms. The van der Waals surface area contributed by atoms with Crippen molar-refractivity contribution < 1.29 is 13.9 Å². The Labute approximate surface area is 262 Å². The summed E-state index contributed by atoms with van der Waals surface area (Å²) < 4.78 is 27.3. The molecule has 220 valence electrons. The number of aryl methyl sites for hydroxylation is 1. The molecular weight excluding hydrogens is 633 g/mol. The Hall–Kier alpha value is -4.01. The van der Waals surface area contributed by atoms with Crippen LogP contribution in [0.25, 0.3) is 22.3 Å². The zero-order valence-electron chi connectivity index (χ0n) is 24.2. The summed E-state index contributed by atoms with van der Waals surface area (Å²) in [6.07, 6.45) is 1.56. The Bertz CT molecular complexity index is 1880. The first-order chi connectivity index (χ1) is 20.7. The summed E-state index contributed by atoms with van der Waals surface area (Å²) in [5.41, 5.74) is 4.30. The van der Waals surface area contributed by atoms with E-state index >= 15 is 0 Å². The van der Waals surface area contributed by atoms with E-state index < -0.39 is 0 Å². The number of nitrogens with zero attached hydrogens (tertiary/aromatic N) is 3. The lowest BCUT2D eigenvalue weighted by atomic mass is 9.96. The Kier molecular flexibility index (Phi) is 9.28. The Balaban J connectivity index is 1.57. The first kappa shape index (κ1) is 30.4. The predicted molar refractivity (Wildman–Crippen MR) is 174 cm³/mol. The number of hydrogen-bond donors (Lipinski definition) is 0. The summed E-state index contributed by atoms with van der Waals surface area (Å²) in [7, 11) is 0. The van der Waals surface area contributed by atoms with Crippen molar-refractivity contribution in [3.05, 3.63) is 121 Å². The average molecular weight is 663 g/mol. The topological polar surface area (TPSA) is 65.7 Å². The van der Waals surface area contributed by atoms with Crippen LogP contribution in [-0.4, -0.2) is 22.5 Å². The van der Waals surface area contributed by atoms with Gasteiger partial charge in [0.1, 0.15) is 18.2 Å². The molecular formula is C34H30BrClFN3O3. The van der Waals surface area contributed by atoms with E-state index in [-0.39, 0.29) is 23.9 Å². The van der Waals surface area contributed by atoms with Crippen LogP contribution in [0.2, 0.25) is 5.02 Å². The van der Waals surface area contributed by atoms with E-state index in [0.717, 1.165) is 22.4 Å². The number of fused-ring (bicyclic) bond motifs is 1. The van der Waals surface area contributed by atoms with Gasteiger partial charge < -0.3 is 9.47 Å². The second-order valence-corrected chi connectivity index (χ2v) is 11.6. The van der Waals surface area contributed by atoms with Gasteiger partial charge in [0.15, 0.2) is 11.6 Å². The van der Waals surface area contributed by atoms with Gasteiger partial charge in [-0.15, -0.1) is 0 Å². The summed E-state index contributed by atoms with van der Waals surface area (Å²) in [5, 5.41) is 5.40. The van der Waals surface area contributed by atoms with E-state index in [4.69, 9.17) is 26.1 Å². The van der Waals surface area contributed by atoms with Crippen molar-refractivity contribution in [1.82, 2.24) is 9.66 Å². The highest BCUT2D eigenvalue weighted by molar-refractivity contribution is 9.10. The van der Waals surface area contributed by atoms with Gasteiger partial charge in [0.05, 0.1) is 33.2 Å². The molecule has 0 amide bonds. The smallest absolute Gasteiger partial charge is 0.282 e. The summed E-state index contributed by atoms with van der Waals surface area (Å²) in [4.78, 5) is 18.7. The lowest BCUT2D eigenvalue weighted by molar-refractivity contribution is 0.304. The first-order valence-electron chi connectivity index (χ1n) is 13.9.